The fourth-order valence-corrected chi connectivity index (χ4v) is 2.90. The molecule has 1 heterocycles. The van der Waals surface area contributed by atoms with Crippen LogP contribution in [0.1, 0.15) is 13.8 Å². The van der Waals surface area contributed by atoms with Crippen molar-refractivity contribution < 1.29 is 13.2 Å². The summed E-state index contributed by atoms with van der Waals surface area (Å²) >= 11 is 0. The van der Waals surface area contributed by atoms with Crippen LogP contribution in [0.2, 0.25) is 0 Å². The Labute approximate surface area is 97.3 Å². The van der Waals surface area contributed by atoms with E-state index in [9.17, 15) is 8.42 Å². The van der Waals surface area contributed by atoms with Crippen LogP contribution in [0.3, 0.4) is 0 Å². The van der Waals surface area contributed by atoms with Crippen molar-refractivity contribution in [2.45, 2.75) is 19.9 Å². The highest BCUT2D eigenvalue weighted by atomic mass is 32.2. The van der Waals surface area contributed by atoms with Crippen LogP contribution in [0, 0.1) is 5.92 Å². The second-order valence-electron chi connectivity index (χ2n) is 4.14. The Hall–Kier alpha value is -0.210. The smallest absolute Gasteiger partial charge is 0.279 e. The van der Waals surface area contributed by atoms with Gasteiger partial charge in [-0.1, -0.05) is 6.92 Å². The van der Waals surface area contributed by atoms with E-state index in [1.165, 1.54) is 4.31 Å². The molecule has 0 bridgehead atoms. The highest BCUT2D eigenvalue weighted by molar-refractivity contribution is 7.87. The summed E-state index contributed by atoms with van der Waals surface area (Å²) in [6, 6.07) is -0.155. The lowest BCUT2D eigenvalue weighted by Gasteiger charge is -2.29. The molecule has 1 aliphatic heterocycles. The van der Waals surface area contributed by atoms with Gasteiger partial charge in [-0.05, 0) is 19.4 Å². The largest absolute Gasteiger partial charge is 0.379 e. The molecular weight excluding hydrogens is 230 g/mol. The van der Waals surface area contributed by atoms with Crippen LogP contribution in [0.25, 0.3) is 0 Å². The zero-order chi connectivity index (χ0) is 12.2. The molecule has 96 valence electrons. The van der Waals surface area contributed by atoms with Gasteiger partial charge in [0, 0.05) is 19.1 Å². The Balaban J connectivity index is 2.56. The van der Waals surface area contributed by atoms with Gasteiger partial charge in [0.25, 0.3) is 10.2 Å². The maximum Gasteiger partial charge on any atom is 0.279 e. The topological polar surface area (TPSA) is 84.7 Å². The highest BCUT2D eigenvalue weighted by Gasteiger charge is 2.26. The second-order valence-corrected chi connectivity index (χ2v) is 5.84. The first-order chi connectivity index (χ1) is 7.47. The molecule has 2 unspecified atom stereocenters. The standard InChI is InChI=1S/C9H21N3O3S/c1-8(7-10)9(2)11-16(13,14)12-3-5-15-6-4-12/h8-9,11H,3-7,10H2,1-2H3. The monoisotopic (exact) mass is 251 g/mol. The van der Waals surface area contributed by atoms with Crippen molar-refractivity contribution in [3.8, 4) is 0 Å². The number of nitrogens with zero attached hydrogens (tertiary/aromatic N) is 1. The van der Waals surface area contributed by atoms with Gasteiger partial charge in [-0.25, -0.2) is 0 Å². The molecule has 0 aromatic heterocycles. The number of morpholine rings is 1. The molecule has 1 rings (SSSR count). The summed E-state index contributed by atoms with van der Waals surface area (Å²) in [6.45, 7) is 5.97. The van der Waals surface area contributed by atoms with E-state index in [1.54, 1.807) is 0 Å². The summed E-state index contributed by atoms with van der Waals surface area (Å²) < 4.78 is 33.0. The minimum Gasteiger partial charge on any atom is -0.379 e. The molecule has 2 atom stereocenters. The van der Waals surface area contributed by atoms with Gasteiger partial charge in [0.2, 0.25) is 0 Å². The van der Waals surface area contributed by atoms with E-state index < -0.39 is 10.2 Å². The van der Waals surface area contributed by atoms with Crippen LogP contribution in [0.4, 0.5) is 0 Å². The van der Waals surface area contributed by atoms with Crippen molar-refractivity contribution in [3.63, 3.8) is 0 Å². The fourth-order valence-electron chi connectivity index (χ4n) is 1.42. The Kier molecular flexibility index (Phi) is 5.13. The molecular formula is C9H21N3O3S. The summed E-state index contributed by atoms with van der Waals surface area (Å²) in [5.41, 5.74) is 5.50. The summed E-state index contributed by atoms with van der Waals surface area (Å²) in [5.74, 6) is 0.121. The number of hydrogen-bond acceptors (Lipinski definition) is 4. The van der Waals surface area contributed by atoms with Crippen LogP contribution in [-0.4, -0.2) is 51.6 Å². The Morgan fingerprint density at radius 2 is 1.94 bits per heavy atom. The maximum atomic E-state index is 11.9. The van der Waals surface area contributed by atoms with Crippen molar-refractivity contribution in [2.24, 2.45) is 11.7 Å². The highest BCUT2D eigenvalue weighted by Crippen LogP contribution is 2.07. The molecule has 0 radical (unpaired) electrons. The van der Waals surface area contributed by atoms with Crippen LogP contribution >= 0.6 is 0 Å². The summed E-state index contributed by atoms with van der Waals surface area (Å²) in [5, 5.41) is 0. The third-order valence-electron chi connectivity index (χ3n) is 2.87. The molecule has 7 heteroatoms. The van der Waals surface area contributed by atoms with Gasteiger partial charge in [0.15, 0.2) is 0 Å². The van der Waals surface area contributed by atoms with Gasteiger partial charge < -0.3 is 10.5 Å². The molecule has 1 aliphatic rings. The van der Waals surface area contributed by atoms with E-state index in [-0.39, 0.29) is 12.0 Å². The molecule has 0 amide bonds. The van der Waals surface area contributed by atoms with Crippen molar-refractivity contribution in [3.05, 3.63) is 0 Å². The van der Waals surface area contributed by atoms with E-state index >= 15 is 0 Å². The van der Waals surface area contributed by atoms with Crippen molar-refractivity contribution in [2.75, 3.05) is 32.8 Å². The van der Waals surface area contributed by atoms with Crippen LogP contribution in [0.5, 0.6) is 0 Å². The number of hydrogen-bond donors (Lipinski definition) is 2. The van der Waals surface area contributed by atoms with Gasteiger partial charge in [0.05, 0.1) is 13.2 Å². The SMILES string of the molecule is CC(CN)C(C)NS(=O)(=O)N1CCOCC1. The molecule has 16 heavy (non-hydrogen) atoms. The predicted molar refractivity (Wildman–Crippen MR) is 62.1 cm³/mol. The molecule has 0 aliphatic carbocycles. The summed E-state index contributed by atoms with van der Waals surface area (Å²) in [7, 11) is -3.39. The second kappa shape index (κ2) is 5.92. The molecule has 0 saturated carbocycles. The minimum absolute atomic E-state index is 0.121. The van der Waals surface area contributed by atoms with E-state index in [0.29, 0.717) is 32.8 Å². The van der Waals surface area contributed by atoms with Gasteiger partial charge in [0.1, 0.15) is 0 Å². The first kappa shape index (κ1) is 13.9. The average Bonchev–Trinajstić information content (AvgIpc) is 2.28. The van der Waals surface area contributed by atoms with E-state index in [1.807, 2.05) is 13.8 Å². The molecule has 1 fully saturated rings. The van der Waals surface area contributed by atoms with Gasteiger partial charge in [-0.2, -0.15) is 17.4 Å². The Morgan fingerprint density at radius 1 is 1.38 bits per heavy atom. The molecule has 6 nitrogen and oxygen atoms in total. The number of rotatable bonds is 5. The fraction of sp³-hybridized carbons (Fsp3) is 1.00. The lowest BCUT2D eigenvalue weighted by atomic mass is 10.1. The number of nitrogens with two attached hydrogens (primary N) is 1. The molecule has 0 spiro atoms. The Bertz CT molecular complexity index is 301. The predicted octanol–water partition coefficient (Wildman–Crippen LogP) is -0.864. The van der Waals surface area contributed by atoms with Crippen molar-refractivity contribution in [1.82, 2.24) is 9.03 Å². The zero-order valence-corrected chi connectivity index (χ0v) is 10.7. The molecule has 0 aromatic rings. The molecule has 3 N–H and O–H groups in total. The normalized spacial score (nSPS) is 22.9. The summed E-state index contributed by atoms with van der Waals surface area (Å²) in [4.78, 5) is 0. The zero-order valence-electron chi connectivity index (χ0n) is 9.85. The average molecular weight is 251 g/mol. The van der Waals surface area contributed by atoms with Gasteiger partial charge in [-0.15, -0.1) is 0 Å². The lowest BCUT2D eigenvalue weighted by Crippen LogP contribution is -2.50. The van der Waals surface area contributed by atoms with E-state index in [0.717, 1.165) is 0 Å². The van der Waals surface area contributed by atoms with Crippen LogP contribution in [0.15, 0.2) is 0 Å². The number of nitrogens with one attached hydrogen (secondary N) is 1. The molecule has 0 aromatic carbocycles. The van der Waals surface area contributed by atoms with Crippen LogP contribution in [-0.2, 0) is 14.9 Å². The first-order valence-corrected chi connectivity index (χ1v) is 6.96. The third kappa shape index (κ3) is 3.67. The quantitative estimate of drug-likeness (QED) is 0.665. The van der Waals surface area contributed by atoms with Crippen LogP contribution < -0.4 is 10.5 Å². The first-order valence-electron chi connectivity index (χ1n) is 5.52. The van der Waals surface area contributed by atoms with E-state index in [2.05, 4.69) is 4.72 Å². The maximum absolute atomic E-state index is 11.9. The Morgan fingerprint density at radius 3 is 2.44 bits per heavy atom. The van der Waals surface area contributed by atoms with E-state index in [4.69, 9.17) is 10.5 Å². The minimum atomic E-state index is -3.39. The van der Waals surface area contributed by atoms with Crippen molar-refractivity contribution >= 4 is 10.2 Å². The summed E-state index contributed by atoms with van der Waals surface area (Å²) in [6.07, 6.45) is 0. The number of ether oxygens (including phenoxy) is 1. The van der Waals surface area contributed by atoms with Gasteiger partial charge >= 0.3 is 0 Å². The molecule has 1 saturated heterocycles. The third-order valence-corrected chi connectivity index (χ3v) is 4.58. The van der Waals surface area contributed by atoms with Crippen molar-refractivity contribution in [1.29, 1.82) is 0 Å². The lowest BCUT2D eigenvalue weighted by molar-refractivity contribution is 0.0722. The van der Waals surface area contributed by atoms with Gasteiger partial charge in [-0.3, -0.25) is 0 Å².